The molecule has 1 amide bonds. The number of aryl methyl sites for hydroxylation is 1. The quantitative estimate of drug-likeness (QED) is 0.822. The summed E-state index contributed by atoms with van der Waals surface area (Å²) in [7, 11) is 1.51. The molecule has 0 radical (unpaired) electrons. The number of benzene rings is 1. The third kappa shape index (κ3) is 3.87. The molecule has 0 aliphatic rings. The summed E-state index contributed by atoms with van der Waals surface area (Å²) in [5, 5.41) is 0. The summed E-state index contributed by atoms with van der Waals surface area (Å²) in [6, 6.07) is 6.23. The molecule has 118 valence electrons. The van der Waals surface area contributed by atoms with Crippen LogP contribution in [0.15, 0.2) is 36.7 Å². The molecule has 1 aromatic carbocycles. The minimum Gasteiger partial charge on any atom is -0.338 e. The number of carbonyl (C=O) groups excluding carboxylic acids is 1. The van der Waals surface area contributed by atoms with Crippen molar-refractivity contribution in [2.24, 2.45) is 0 Å². The summed E-state index contributed by atoms with van der Waals surface area (Å²) >= 11 is 0. The average molecular weight is 311 g/mol. The first-order chi connectivity index (χ1) is 10.5. The fourth-order valence-corrected chi connectivity index (χ4v) is 2.08. The Bertz CT molecular complexity index is 642. The van der Waals surface area contributed by atoms with Crippen LogP contribution in [0.25, 0.3) is 0 Å². The van der Waals surface area contributed by atoms with Gasteiger partial charge in [0.1, 0.15) is 11.6 Å². The van der Waals surface area contributed by atoms with Gasteiger partial charge in [-0.2, -0.15) is 8.78 Å². The van der Waals surface area contributed by atoms with E-state index in [-0.39, 0.29) is 36.9 Å². The van der Waals surface area contributed by atoms with Crippen molar-refractivity contribution in [1.29, 1.82) is 0 Å². The van der Waals surface area contributed by atoms with Gasteiger partial charge in [-0.25, -0.2) is 9.37 Å². The van der Waals surface area contributed by atoms with Gasteiger partial charge in [-0.3, -0.25) is 9.36 Å². The maximum Gasteiger partial charge on any atom is 0.319 e. The molecule has 1 aromatic heterocycles. The van der Waals surface area contributed by atoms with E-state index < -0.39 is 6.55 Å². The van der Waals surface area contributed by atoms with E-state index in [0.29, 0.717) is 10.1 Å². The molecule has 2 aromatic rings. The molecule has 22 heavy (non-hydrogen) atoms. The van der Waals surface area contributed by atoms with E-state index in [1.807, 2.05) is 0 Å². The monoisotopic (exact) mass is 311 g/mol. The van der Waals surface area contributed by atoms with Gasteiger partial charge in [0.25, 0.3) is 0 Å². The first kappa shape index (κ1) is 16.1. The van der Waals surface area contributed by atoms with E-state index >= 15 is 0 Å². The molecule has 4 nitrogen and oxygen atoms in total. The summed E-state index contributed by atoms with van der Waals surface area (Å²) in [6.45, 7) is -2.72. The van der Waals surface area contributed by atoms with Crippen molar-refractivity contribution < 1.29 is 18.0 Å². The number of imidazole rings is 1. The normalized spacial score (nSPS) is 11.0. The molecule has 0 saturated carbocycles. The summed E-state index contributed by atoms with van der Waals surface area (Å²) in [4.78, 5) is 17.1. The van der Waals surface area contributed by atoms with Gasteiger partial charge in [0.15, 0.2) is 0 Å². The maximum absolute atomic E-state index is 13.5. The Balaban J connectivity index is 1.92. The molecule has 0 spiro atoms. The third-order valence-electron chi connectivity index (χ3n) is 3.33. The van der Waals surface area contributed by atoms with Gasteiger partial charge in [0.05, 0.1) is 6.54 Å². The van der Waals surface area contributed by atoms with Crippen molar-refractivity contribution in [2.45, 2.75) is 25.9 Å². The highest BCUT2D eigenvalue weighted by Crippen LogP contribution is 2.14. The molecule has 0 aliphatic heterocycles. The van der Waals surface area contributed by atoms with Gasteiger partial charge >= 0.3 is 6.55 Å². The van der Waals surface area contributed by atoms with E-state index in [1.165, 1.54) is 24.2 Å². The number of alkyl halides is 2. The van der Waals surface area contributed by atoms with Crippen LogP contribution < -0.4 is 0 Å². The third-order valence-corrected chi connectivity index (χ3v) is 3.33. The van der Waals surface area contributed by atoms with Gasteiger partial charge in [0, 0.05) is 25.9 Å². The molecule has 1 heterocycles. The number of nitrogens with zero attached hydrogens (tertiary/aromatic N) is 3. The predicted octanol–water partition coefficient (Wildman–Crippen LogP) is 3.01. The fourth-order valence-electron chi connectivity index (χ4n) is 2.08. The lowest BCUT2D eigenvalue weighted by molar-refractivity contribution is -0.130. The lowest BCUT2D eigenvalue weighted by Crippen LogP contribution is -2.28. The summed E-state index contributed by atoms with van der Waals surface area (Å²) < 4.78 is 39.6. The minimum atomic E-state index is -2.69. The number of carbonyl (C=O) groups is 1. The zero-order valence-corrected chi connectivity index (χ0v) is 12.0. The largest absolute Gasteiger partial charge is 0.338 e. The van der Waals surface area contributed by atoms with E-state index in [9.17, 15) is 18.0 Å². The molecule has 0 unspecified atom stereocenters. The van der Waals surface area contributed by atoms with Gasteiger partial charge in [-0.05, 0) is 18.1 Å². The van der Waals surface area contributed by atoms with Crippen LogP contribution >= 0.6 is 0 Å². The molecule has 0 N–H and O–H groups in total. The second-order valence-electron chi connectivity index (χ2n) is 4.87. The molecular formula is C15H16F3N3O. The number of hydrogen-bond acceptors (Lipinski definition) is 2. The maximum atomic E-state index is 13.5. The Labute approximate surface area is 126 Å². The fraction of sp³-hybridized carbons (Fsp3) is 0.333. The van der Waals surface area contributed by atoms with Crippen LogP contribution in [0.5, 0.6) is 0 Å². The van der Waals surface area contributed by atoms with Crippen LogP contribution in [0.2, 0.25) is 0 Å². The average Bonchev–Trinajstić information content (AvgIpc) is 2.94. The van der Waals surface area contributed by atoms with Crippen LogP contribution in [-0.2, 0) is 17.8 Å². The van der Waals surface area contributed by atoms with Crippen LogP contribution in [0.4, 0.5) is 13.2 Å². The molecule has 0 aliphatic carbocycles. The van der Waals surface area contributed by atoms with Gasteiger partial charge < -0.3 is 4.90 Å². The highest BCUT2D eigenvalue weighted by Gasteiger charge is 2.16. The molecule has 7 heteroatoms. The van der Waals surface area contributed by atoms with Gasteiger partial charge in [0.2, 0.25) is 5.91 Å². The minimum absolute atomic E-state index is 0.0204. The van der Waals surface area contributed by atoms with Crippen LogP contribution in [0, 0.1) is 5.82 Å². The van der Waals surface area contributed by atoms with Crippen molar-refractivity contribution in [3.8, 4) is 0 Å². The van der Waals surface area contributed by atoms with E-state index in [4.69, 9.17) is 0 Å². The Hall–Kier alpha value is -2.31. The van der Waals surface area contributed by atoms with Crippen LogP contribution in [0.1, 0.15) is 24.4 Å². The summed E-state index contributed by atoms with van der Waals surface area (Å²) in [5.74, 6) is -0.505. The first-order valence-corrected chi connectivity index (χ1v) is 6.76. The van der Waals surface area contributed by atoms with Crippen molar-refractivity contribution in [3.05, 3.63) is 53.9 Å². The molecular weight excluding hydrogens is 295 g/mol. The lowest BCUT2D eigenvalue weighted by Gasteiger charge is -2.17. The number of aromatic nitrogens is 2. The highest BCUT2D eigenvalue weighted by atomic mass is 19.3. The van der Waals surface area contributed by atoms with Crippen molar-refractivity contribution in [1.82, 2.24) is 14.5 Å². The van der Waals surface area contributed by atoms with E-state index in [1.54, 1.807) is 18.2 Å². The molecule has 2 rings (SSSR count). The Kier molecular flexibility index (Phi) is 5.19. The number of amides is 1. The Morgan fingerprint density at radius 1 is 1.36 bits per heavy atom. The zero-order chi connectivity index (χ0) is 16.1. The number of hydrogen-bond donors (Lipinski definition) is 0. The Morgan fingerprint density at radius 2 is 2.09 bits per heavy atom. The molecule has 0 fully saturated rings. The smallest absolute Gasteiger partial charge is 0.319 e. The topological polar surface area (TPSA) is 38.1 Å². The Morgan fingerprint density at radius 3 is 2.77 bits per heavy atom. The first-order valence-electron chi connectivity index (χ1n) is 6.76. The van der Waals surface area contributed by atoms with Gasteiger partial charge in [-0.1, -0.05) is 18.2 Å². The molecule has 0 saturated heterocycles. The number of halogens is 3. The van der Waals surface area contributed by atoms with E-state index in [0.717, 1.165) is 6.20 Å². The van der Waals surface area contributed by atoms with Gasteiger partial charge in [-0.15, -0.1) is 0 Å². The van der Waals surface area contributed by atoms with E-state index in [2.05, 4.69) is 4.98 Å². The standard InChI is InChI=1S/C15H16F3N3O/c1-20(10-13-19-8-9-21(13)15(17)18)14(22)7-6-11-4-2-3-5-12(11)16/h2-5,8-9,15H,6-7,10H2,1H3. The SMILES string of the molecule is CN(Cc1nccn1C(F)F)C(=O)CCc1ccccc1F. The second kappa shape index (κ2) is 7.11. The molecule has 0 bridgehead atoms. The zero-order valence-electron chi connectivity index (χ0n) is 12.0. The predicted molar refractivity (Wildman–Crippen MR) is 74.7 cm³/mol. The van der Waals surface area contributed by atoms with Crippen molar-refractivity contribution in [3.63, 3.8) is 0 Å². The van der Waals surface area contributed by atoms with Crippen LogP contribution in [0.3, 0.4) is 0 Å². The summed E-state index contributed by atoms with van der Waals surface area (Å²) in [5.41, 5.74) is 0.457. The molecule has 0 atom stereocenters. The second-order valence-corrected chi connectivity index (χ2v) is 4.87. The summed E-state index contributed by atoms with van der Waals surface area (Å²) in [6.07, 6.45) is 2.79. The lowest BCUT2D eigenvalue weighted by atomic mass is 10.1. The number of rotatable bonds is 6. The van der Waals surface area contributed by atoms with Crippen molar-refractivity contribution >= 4 is 5.91 Å². The van der Waals surface area contributed by atoms with Crippen molar-refractivity contribution in [2.75, 3.05) is 7.05 Å². The highest BCUT2D eigenvalue weighted by molar-refractivity contribution is 5.76. The van der Waals surface area contributed by atoms with Crippen LogP contribution in [-0.4, -0.2) is 27.4 Å².